The summed E-state index contributed by atoms with van der Waals surface area (Å²) in [6.07, 6.45) is 7.20. The zero-order chi connectivity index (χ0) is 17.4. The third-order valence-electron chi connectivity index (χ3n) is 4.08. The summed E-state index contributed by atoms with van der Waals surface area (Å²) in [5.74, 6) is 6.70. The van der Waals surface area contributed by atoms with Gasteiger partial charge in [-0.2, -0.15) is 5.10 Å². The van der Waals surface area contributed by atoms with Crippen LogP contribution in [0.1, 0.15) is 11.1 Å². The number of methoxy groups -OCH3 is 1. The van der Waals surface area contributed by atoms with E-state index in [0.717, 1.165) is 34.0 Å². The first-order chi connectivity index (χ1) is 12.1. The number of aliphatic imine (C=N–C) groups is 1. The maximum atomic E-state index is 5.87. The maximum absolute atomic E-state index is 5.87. The Morgan fingerprint density at radius 1 is 1.32 bits per heavy atom. The Morgan fingerprint density at radius 3 is 2.96 bits per heavy atom. The van der Waals surface area contributed by atoms with Crippen molar-refractivity contribution in [3.05, 3.63) is 65.4 Å². The molecule has 4 rings (SSSR count). The van der Waals surface area contributed by atoms with Crippen LogP contribution in [0.15, 0.2) is 59.2 Å². The summed E-state index contributed by atoms with van der Waals surface area (Å²) in [4.78, 5) is 4.49. The smallest absolute Gasteiger partial charge is 0.119 e. The molecule has 2 aliphatic heterocycles. The zero-order valence-electron chi connectivity index (χ0n) is 14.0. The lowest BCUT2D eigenvalue weighted by Crippen LogP contribution is -2.33. The molecule has 0 aliphatic carbocycles. The van der Waals surface area contributed by atoms with E-state index in [1.165, 1.54) is 5.01 Å². The Hall–Kier alpha value is -3.26. The minimum Gasteiger partial charge on any atom is -0.497 e. The second kappa shape index (κ2) is 5.99. The lowest BCUT2D eigenvalue weighted by atomic mass is 10.2. The molecule has 0 fully saturated rings. The molecule has 128 valence electrons. The normalized spacial score (nSPS) is 16.0. The summed E-state index contributed by atoms with van der Waals surface area (Å²) < 4.78 is 7.07. The lowest BCUT2D eigenvalue weighted by Gasteiger charge is -2.24. The highest BCUT2D eigenvalue weighted by Crippen LogP contribution is 2.33. The number of ether oxygens (including phenoxy) is 1. The van der Waals surface area contributed by atoms with Crippen molar-refractivity contribution >= 4 is 12.0 Å². The fraction of sp³-hybridized carbons (Fsp3) is 0.176. The molecule has 1 aromatic carbocycles. The van der Waals surface area contributed by atoms with Gasteiger partial charge in [0, 0.05) is 25.0 Å². The highest BCUT2D eigenvalue weighted by Gasteiger charge is 2.30. The van der Waals surface area contributed by atoms with E-state index in [4.69, 9.17) is 10.6 Å². The molecule has 3 heterocycles. The summed E-state index contributed by atoms with van der Waals surface area (Å²) in [6, 6.07) is 7.97. The van der Waals surface area contributed by atoms with Gasteiger partial charge in [0.1, 0.15) is 23.5 Å². The Kier molecular flexibility index (Phi) is 3.66. The molecule has 0 saturated carbocycles. The fourth-order valence-corrected chi connectivity index (χ4v) is 2.89. The van der Waals surface area contributed by atoms with Crippen molar-refractivity contribution in [2.45, 2.75) is 6.54 Å². The number of benzene rings is 1. The Morgan fingerprint density at radius 2 is 2.20 bits per heavy atom. The van der Waals surface area contributed by atoms with Crippen LogP contribution in [0.5, 0.6) is 5.75 Å². The number of nitrogens with one attached hydrogen (secondary N) is 1. The first-order valence-corrected chi connectivity index (χ1v) is 7.84. The molecule has 8 nitrogen and oxygen atoms in total. The van der Waals surface area contributed by atoms with Crippen LogP contribution in [-0.4, -0.2) is 33.2 Å². The highest BCUT2D eigenvalue weighted by molar-refractivity contribution is 5.77. The van der Waals surface area contributed by atoms with Crippen LogP contribution in [0.2, 0.25) is 0 Å². The first kappa shape index (κ1) is 15.3. The quantitative estimate of drug-likeness (QED) is 0.815. The van der Waals surface area contributed by atoms with Gasteiger partial charge in [0.2, 0.25) is 0 Å². The Balaban J connectivity index is 1.67. The third kappa shape index (κ3) is 2.83. The van der Waals surface area contributed by atoms with Crippen molar-refractivity contribution in [1.82, 2.24) is 25.2 Å². The van der Waals surface area contributed by atoms with E-state index in [0.29, 0.717) is 6.54 Å². The highest BCUT2D eigenvalue weighted by atomic mass is 16.5. The van der Waals surface area contributed by atoms with Crippen molar-refractivity contribution in [2.75, 3.05) is 7.11 Å². The number of hydrazine groups is 2. The lowest BCUT2D eigenvalue weighted by molar-refractivity contribution is 0.302. The van der Waals surface area contributed by atoms with Crippen LogP contribution in [0.25, 0.3) is 5.70 Å². The number of aryl methyl sites for hydroxylation is 1. The molecule has 0 bridgehead atoms. The number of nitrogens with two attached hydrogens (primary N) is 1. The molecule has 3 N–H and O–H groups in total. The van der Waals surface area contributed by atoms with Gasteiger partial charge >= 0.3 is 0 Å². The van der Waals surface area contributed by atoms with Gasteiger partial charge in [-0.15, -0.1) is 0 Å². The number of hydrogen-bond acceptors (Lipinski definition) is 7. The average molecular weight is 337 g/mol. The van der Waals surface area contributed by atoms with E-state index < -0.39 is 0 Å². The Labute approximate surface area is 145 Å². The summed E-state index contributed by atoms with van der Waals surface area (Å²) in [5, 5.41) is 7.71. The SMILES string of the molecule is COc1cccc(CN2NC(c3cnn(C)c3)=C3N=CN(N)C=C32)c1. The topological polar surface area (TPSA) is 83.9 Å². The van der Waals surface area contributed by atoms with Crippen LogP contribution in [0, 0.1) is 0 Å². The van der Waals surface area contributed by atoms with E-state index >= 15 is 0 Å². The van der Waals surface area contributed by atoms with Crippen molar-refractivity contribution in [1.29, 1.82) is 0 Å². The van der Waals surface area contributed by atoms with Crippen molar-refractivity contribution < 1.29 is 4.74 Å². The van der Waals surface area contributed by atoms with Gasteiger partial charge in [0.05, 0.1) is 25.5 Å². The molecule has 0 unspecified atom stereocenters. The van der Waals surface area contributed by atoms with Crippen LogP contribution in [-0.2, 0) is 13.6 Å². The molecular weight excluding hydrogens is 318 g/mol. The van der Waals surface area contributed by atoms with Gasteiger partial charge in [-0.3, -0.25) is 20.1 Å². The van der Waals surface area contributed by atoms with Gasteiger partial charge in [-0.25, -0.2) is 10.8 Å². The summed E-state index contributed by atoms with van der Waals surface area (Å²) >= 11 is 0. The Bertz CT molecular complexity index is 896. The van der Waals surface area contributed by atoms with Gasteiger partial charge in [-0.05, 0) is 17.7 Å². The first-order valence-electron chi connectivity index (χ1n) is 7.84. The number of fused-ring (bicyclic) bond motifs is 1. The van der Waals surface area contributed by atoms with Crippen molar-refractivity contribution in [3.63, 3.8) is 0 Å². The molecule has 0 amide bonds. The standard InChI is InChI=1S/C17H19N7O/c1-22-9-13(7-20-22)16-17-15(10-23(18)11-19-17)24(21-16)8-12-4-3-5-14(6-12)25-2/h3-7,9-11,21H,8,18H2,1-2H3. The molecule has 2 aliphatic rings. The van der Waals surface area contributed by atoms with Gasteiger partial charge in [-0.1, -0.05) is 12.1 Å². The van der Waals surface area contributed by atoms with Crippen LogP contribution < -0.4 is 16.0 Å². The molecule has 25 heavy (non-hydrogen) atoms. The van der Waals surface area contributed by atoms with Crippen LogP contribution in [0.4, 0.5) is 0 Å². The van der Waals surface area contributed by atoms with Crippen LogP contribution in [0.3, 0.4) is 0 Å². The minimum atomic E-state index is 0.639. The molecule has 0 saturated heterocycles. The number of aromatic nitrogens is 2. The minimum absolute atomic E-state index is 0.639. The second-order valence-electron chi connectivity index (χ2n) is 5.88. The predicted molar refractivity (Wildman–Crippen MR) is 94.4 cm³/mol. The molecule has 0 atom stereocenters. The molecule has 1 aromatic heterocycles. The van der Waals surface area contributed by atoms with Crippen molar-refractivity contribution in [3.8, 4) is 5.75 Å². The predicted octanol–water partition coefficient (Wildman–Crippen LogP) is 1.18. The molecule has 8 heteroatoms. The van der Waals surface area contributed by atoms with E-state index in [2.05, 4.69) is 21.6 Å². The number of rotatable bonds is 4. The third-order valence-corrected chi connectivity index (χ3v) is 4.08. The average Bonchev–Trinajstić information content (AvgIpc) is 3.19. The number of nitrogens with zero attached hydrogens (tertiary/aromatic N) is 5. The molecule has 2 aromatic rings. The summed E-state index contributed by atoms with van der Waals surface area (Å²) in [5.41, 5.74) is 8.17. The van der Waals surface area contributed by atoms with Crippen LogP contribution >= 0.6 is 0 Å². The van der Waals surface area contributed by atoms with E-state index in [1.807, 2.05) is 48.8 Å². The molecule has 0 radical (unpaired) electrons. The van der Waals surface area contributed by atoms with E-state index in [1.54, 1.807) is 18.1 Å². The molecule has 0 spiro atoms. The molecular formula is C17H19N7O. The van der Waals surface area contributed by atoms with Gasteiger partial charge < -0.3 is 4.74 Å². The van der Waals surface area contributed by atoms with Crippen molar-refractivity contribution in [2.24, 2.45) is 17.9 Å². The number of hydrogen-bond donors (Lipinski definition) is 2. The van der Waals surface area contributed by atoms with Gasteiger partial charge in [0.15, 0.2) is 0 Å². The van der Waals surface area contributed by atoms with E-state index in [9.17, 15) is 0 Å². The summed E-state index contributed by atoms with van der Waals surface area (Å²) in [7, 11) is 3.55. The van der Waals surface area contributed by atoms with E-state index in [-0.39, 0.29) is 0 Å². The summed E-state index contributed by atoms with van der Waals surface area (Å²) in [6.45, 7) is 0.639. The largest absolute Gasteiger partial charge is 0.497 e. The monoisotopic (exact) mass is 337 g/mol. The second-order valence-corrected chi connectivity index (χ2v) is 5.88. The van der Waals surface area contributed by atoms with Gasteiger partial charge in [0.25, 0.3) is 0 Å². The zero-order valence-corrected chi connectivity index (χ0v) is 14.0. The fourth-order valence-electron chi connectivity index (χ4n) is 2.89. The maximum Gasteiger partial charge on any atom is 0.119 e.